The first-order chi connectivity index (χ1) is 6.79. The van der Waals surface area contributed by atoms with Gasteiger partial charge in [-0.2, -0.15) is 0 Å². The molecular formula is C11H12BrClO. The number of hydrogen-bond acceptors (Lipinski definition) is 1. The number of hydrogen-bond donors (Lipinski definition) is 0. The van der Waals surface area contributed by atoms with Crippen LogP contribution in [0.25, 0.3) is 0 Å². The summed E-state index contributed by atoms with van der Waals surface area (Å²) in [6.07, 6.45) is 2.88. The summed E-state index contributed by atoms with van der Waals surface area (Å²) in [6, 6.07) is 7.93. The Kier molecular flexibility index (Phi) is 3.47. The van der Waals surface area contributed by atoms with Crippen molar-refractivity contribution in [3.8, 4) is 0 Å². The summed E-state index contributed by atoms with van der Waals surface area (Å²) in [5, 5.41) is 1.71. The molecule has 0 radical (unpaired) electrons. The molecule has 0 aromatic heterocycles. The lowest BCUT2D eigenvalue weighted by Crippen LogP contribution is -2.07. The van der Waals surface area contributed by atoms with E-state index in [1.165, 1.54) is 5.56 Å². The maximum atomic E-state index is 5.85. The van der Waals surface area contributed by atoms with E-state index in [9.17, 15) is 0 Å². The van der Waals surface area contributed by atoms with E-state index in [1.807, 2.05) is 24.3 Å². The fourth-order valence-corrected chi connectivity index (χ4v) is 2.34. The molecule has 0 N–H and O–H groups in total. The van der Waals surface area contributed by atoms with E-state index < -0.39 is 0 Å². The normalized spacial score (nSPS) is 26.7. The van der Waals surface area contributed by atoms with Crippen molar-refractivity contribution in [2.24, 2.45) is 0 Å². The van der Waals surface area contributed by atoms with Gasteiger partial charge in [-0.3, -0.25) is 0 Å². The summed E-state index contributed by atoms with van der Waals surface area (Å²) in [6.45, 7) is 0. The fourth-order valence-electron chi connectivity index (χ4n) is 1.74. The fraction of sp³-hybridized carbons (Fsp3) is 0.455. The topological polar surface area (TPSA) is 9.23 Å². The zero-order chi connectivity index (χ0) is 9.97. The molecule has 1 nitrogen and oxygen atoms in total. The summed E-state index contributed by atoms with van der Waals surface area (Å²) in [5.41, 5.74) is 1.23. The third kappa shape index (κ3) is 2.30. The van der Waals surface area contributed by atoms with Gasteiger partial charge >= 0.3 is 0 Å². The third-order valence-electron chi connectivity index (χ3n) is 2.52. The minimum Gasteiger partial charge on any atom is -0.369 e. The summed E-state index contributed by atoms with van der Waals surface area (Å²) in [5.74, 6) is 0. The molecule has 1 saturated heterocycles. The molecule has 1 aromatic rings. The van der Waals surface area contributed by atoms with Crippen LogP contribution in [0, 0.1) is 0 Å². The van der Waals surface area contributed by atoms with E-state index in [1.54, 1.807) is 0 Å². The molecule has 2 atom stereocenters. The molecule has 1 aliphatic rings. The van der Waals surface area contributed by atoms with Crippen LogP contribution in [0.4, 0.5) is 0 Å². The van der Waals surface area contributed by atoms with Crippen molar-refractivity contribution in [3.63, 3.8) is 0 Å². The zero-order valence-corrected chi connectivity index (χ0v) is 10.1. The molecule has 14 heavy (non-hydrogen) atoms. The average molecular weight is 276 g/mol. The Hall–Kier alpha value is -0.0500. The van der Waals surface area contributed by atoms with Crippen molar-refractivity contribution >= 4 is 27.5 Å². The summed E-state index contributed by atoms with van der Waals surface area (Å²) in [4.78, 5) is 0. The maximum absolute atomic E-state index is 5.85. The van der Waals surface area contributed by atoms with Crippen LogP contribution in [-0.4, -0.2) is 11.4 Å². The van der Waals surface area contributed by atoms with Gasteiger partial charge in [-0.25, -0.2) is 0 Å². The Morgan fingerprint density at radius 3 is 2.57 bits per heavy atom. The lowest BCUT2D eigenvalue weighted by atomic mass is 10.1. The molecule has 0 aliphatic carbocycles. The van der Waals surface area contributed by atoms with Gasteiger partial charge in [0.2, 0.25) is 0 Å². The molecule has 1 fully saturated rings. The quantitative estimate of drug-likeness (QED) is 0.743. The Labute approximate surface area is 97.5 Å². The molecule has 2 rings (SSSR count). The summed E-state index contributed by atoms with van der Waals surface area (Å²) >= 11 is 9.27. The van der Waals surface area contributed by atoms with Gasteiger partial charge in [-0.1, -0.05) is 39.7 Å². The van der Waals surface area contributed by atoms with Crippen LogP contribution in [0.1, 0.15) is 24.5 Å². The molecule has 0 spiro atoms. The van der Waals surface area contributed by atoms with E-state index >= 15 is 0 Å². The number of ether oxygens (including phenoxy) is 1. The maximum Gasteiger partial charge on any atom is 0.0830 e. The lowest BCUT2D eigenvalue weighted by Gasteiger charge is -2.12. The number of halogens is 2. The van der Waals surface area contributed by atoms with Gasteiger partial charge in [-0.05, 0) is 30.5 Å². The highest BCUT2D eigenvalue weighted by Crippen LogP contribution is 2.33. The van der Waals surface area contributed by atoms with Crippen LogP contribution < -0.4 is 0 Å². The predicted molar refractivity (Wildman–Crippen MR) is 62.1 cm³/mol. The second-order valence-electron chi connectivity index (χ2n) is 3.53. The van der Waals surface area contributed by atoms with E-state index in [0.29, 0.717) is 6.10 Å². The minimum absolute atomic E-state index is 0.259. The van der Waals surface area contributed by atoms with Crippen LogP contribution in [0.5, 0.6) is 0 Å². The lowest BCUT2D eigenvalue weighted by molar-refractivity contribution is 0.0588. The van der Waals surface area contributed by atoms with E-state index in [0.717, 1.165) is 23.2 Å². The molecule has 0 amide bonds. The van der Waals surface area contributed by atoms with Crippen molar-refractivity contribution in [2.45, 2.75) is 25.0 Å². The van der Waals surface area contributed by atoms with Crippen molar-refractivity contribution in [3.05, 3.63) is 34.9 Å². The molecule has 1 aliphatic heterocycles. The number of rotatable bonds is 2. The van der Waals surface area contributed by atoms with Crippen LogP contribution >= 0.6 is 27.5 Å². The molecule has 1 heterocycles. The molecule has 0 bridgehead atoms. The van der Waals surface area contributed by atoms with Crippen molar-refractivity contribution < 1.29 is 4.74 Å². The van der Waals surface area contributed by atoms with Crippen LogP contribution in [0.3, 0.4) is 0 Å². The van der Waals surface area contributed by atoms with Crippen LogP contribution in [0.15, 0.2) is 24.3 Å². The van der Waals surface area contributed by atoms with E-state index in [-0.39, 0.29) is 6.10 Å². The largest absolute Gasteiger partial charge is 0.369 e. The van der Waals surface area contributed by atoms with Gasteiger partial charge in [0.1, 0.15) is 0 Å². The van der Waals surface area contributed by atoms with Gasteiger partial charge in [0.15, 0.2) is 0 Å². The average Bonchev–Trinajstić information content (AvgIpc) is 2.67. The standard InChI is InChI=1S/C11H12BrClO/c12-7-10-5-6-11(14-10)8-1-3-9(13)4-2-8/h1-4,10-11H,5-7H2/t10-,11+/m1/s1. The summed E-state index contributed by atoms with van der Waals surface area (Å²) in [7, 11) is 0. The van der Waals surface area contributed by atoms with Crippen molar-refractivity contribution in [1.29, 1.82) is 0 Å². The number of benzene rings is 1. The van der Waals surface area contributed by atoms with Gasteiger partial charge in [0.25, 0.3) is 0 Å². The third-order valence-corrected chi connectivity index (χ3v) is 3.50. The SMILES string of the molecule is Clc1ccc([C@@H]2CC[C@H](CBr)O2)cc1. The summed E-state index contributed by atoms with van der Waals surface area (Å²) < 4.78 is 5.85. The number of alkyl halides is 1. The van der Waals surface area contributed by atoms with Gasteiger partial charge in [0.05, 0.1) is 12.2 Å². The first-order valence-corrected chi connectivity index (χ1v) is 6.26. The smallest absolute Gasteiger partial charge is 0.0830 e. The highest BCUT2D eigenvalue weighted by Gasteiger charge is 2.25. The Bertz CT molecular complexity index is 299. The van der Waals surface area contributed by atoms with Gasteiger partial charge < -0.3 is 4.74 Å². The van der Waals surface area contributed by atoms with Gasteiger partial charge in [0, 0.05) is 10.4 Å². The van der Waals surface area contributed by atoms with Crippen LogP contribution in [0.2, 0.25) is 5.02 Å². The zero-order valence-electron chi connectivity index (χ0n) is 7.75. The minimum atomic E-state index is 0.259. The second-order valence-corrected chi connectivity index (χ2v) is 4.61. The molecule has 1 aromatic carbocycles. The molecular weight excluding hydrogens is 263 g/mol. The van der Waals surface area contributed by atoms with E-state index in [2.05, 4.69) is 15.9 Å². The molecule has 76 valence electrons. The Morgan fingerprint density at radius 1 is 1.29 bits per heavy atom. The first-order valence-electron chi connectivity index (χ1n) is 4.76. The first kappa shape index (κ1) is 10.5. The van der Waals surface area contributed by atoms with Crippen LogP contribution in [-0.2, 0) is 4.74 Å². The molecule has 3 heteroatoms. The second kappa shape index (κ2) is 4.65. The Morgan fingerprint density at radius 2 is 2.00 bits per heavy atom. The van der Waals surface area contributed by atoms with Gasteiger partial charge in [-0.15, -0.1) is 0 Å². The molecule has 0 saturated carbocycles. The Balaban J connectivity index is 2.06. The monoisotopic (exact) mass is 274 g/mol. The predicted octanol–water partition coefficient (Wildman–Crippen LogP) is 3.96. The van der Waals surface area contributed by atoms with E-state index in [4.69, 9.17) is 16.3 Å². The van der Waals surface area contributed by atoms with Crippen molar-refractivity contribution in [1.82, 2.24) is 0 Å². The molecule has 0 unspecified atom stereocenters. The van der Waals surface area contributed by atoms with Crippen molar-refractivity contribution in [2.75, 3.05) is 5.33 Å². The highest BCUT2D eigenvalue weighted by molar-refractivity contribution is 9.09. The highest BCUT2D eigenvalue weighted by atomic mass is 79.9.